The number of nitrogens with zero attached hydrogens (tertiary/aromatic N) is 4. The van der Waals surface area contributed by atoms with E-state index in [0.29, 0.717) is 48.9 Å². The number of pyridine rings is 1. The van der Waals surface area contributed by atoms with E-state index in [9.17, 15) is 23.1 Å². The fraction of sp³-hybridized carbons (Fsp3) is 0.353. The first-order valence-corrected chi connectivity index (χ1v) is 15.1. The number of aliphatic carboxylic acids is 1. The number of rotatable bonds is 11. The normalized spacial score (nSPS) is 15.3. The summed E-state index contributed by atoms with van der Waals surface area (Å²) in [5, 5.41) is 12.3. The second-order valence-electron chi connectivity index (χ2n) is 11.7. The summed E-state index contributed by atoms with van der Waals surface area (Å²) in [6.45, 7) is 6.62. The van der Waals surface area contributed by atoms with Gasteiger partial charge in [-0.1, -0.05) is 36.4 Å². The molecule has 0 spiro atoms. The SMILES string of the molecule is CCOc1ccccc1O[C@@H]1CCCN(c2ncc(C(F)(F)F)c(Nc3cccc(-c4cccc(CC(C)(C)C(=O)O)c4)n3)n2)C1. The molecule has 1 aliphatic rings. The first-order valence-electron chi connectivity index (χ1n) is 15.1. The quantitative estimate of drug-likeness (QED) is 0.174. The van der Waals surface area contributed by atoms with E-state index < -0.39 is 28.9 Å². The number of carbonyl (C=O) groups is 1. The molecule has 46 heavy (non-hydrogen) atoms. The molecule has 1 saturated heterocycles. The van der Waals surface area contributed by atoms with Gasteiger partial charge in [0.05, 0.1) is 24.3 Å². The van der Waals surface area contributed by atoms with Crippen LogP contribution < -0.4 is 19.7 Å². The Labute approximate surface area is 265 Å². The van der Waals surface area contributed by atoms with Crippen LogP contribution in [-0.2, 0) is 17.4 Å². The van der Waals surface area contributed by atoms with Crippen LogP contribution in [0.5, 0.6) is 11.5 Å². The second kappa shape index (κ2) is 13.6. The number of ether oxygens (including phenoxy) is 2. The molecule has 0 aliphatic carbocycles. The predicted molar refractivity (Wildman–Crippen MR) is 169 cm³/mol. The third-order valence-corrected chi connectivity index (χ3v) is 7.63. The molecule has 9 nitrogen and oxygen atoms in total. The molecule has 1 atom stereocenters. The molecule has 0 unspecified atom stereocenters. The molecule has 1 fully saturated rings. The largest absolute Gasteiger partial charge is 0.490 e. The van der Waals surface area contributed by atoms with Crippen molar-refractivity contribution in [1.82, 2.24) is 15.0 Å². The number of piperidine rings is 1. The summed E-state index contributed by atoms with van der Waals surface area (Å²) in [6, 6.07) is 19.6. The highest BCUT2D eigenvalue weighted by molar-refractivity contribution is 5.74. The number of alkyl halides is 3. The molecule has 2 aromatic heterocycles. The van der Waals surface area contributed by atoms with Crippen LogP contribution in [-0.4, -0.2) is 51.8 Å². The molecule has 4 aromatic rings. The van der Waals surface area contributed by atoms with E-state index in [0.717, 1.165) is 24.6 Å². The van der Waals surface area contributed by atoms with Crippen LogP contribution in [0.15, 0.2) is 72.9 Å². The topological polar surface area (TPSA) is 110 Å². The van der Waals surface area contributed by atoms with Crippen LogP contribution in [0.1, 0.15) is 44.7 Å². The van der Waals surface area contributed by atoms with Gasteiger partial charge >= 0.3 is 12.1 Å². The summed E-state index contributed by atoms with van der Waals surface area (Å²) < 4.78 is 54.2. The summed E-state index contributed by atoms with van der Waals surface area (Å²) in [5.41, 5.74) is 0.0212. The Kier molecular flexibility index (Phi) is 9.64. The number of para-hydroxylation sites is 2. The number of halogens is 3. The zero-order valence-electron chi connectivity index (χ0n) is 25.8. The van der Waals surface area contributed by atoms with Crippen LogP contribution in [0.2, 0.25) is 0 Å². The first kappa shape index (κ1) is 32.5. The van der Waals surface area contributed by atoms with Crippen LogP contribution >= 0.6 is 0 Å². The van der Waals surface area contributed by atoms with E-state index in [4.69, 9.17) is 9.47 Å². The average molecular weight is 636 g/mol. The van der Waals surface area contributed by atoms with E-state index in [1.54, 1.807) is 38.1 Å². The molecule has 5 rings (SSSR count). The number of hydrogen-bond donors (Lipinski definition) is 2. The van der Waals surface area contributed by atoms with Crippen LogP contribution in [0.25, 0.3) is 11.3 Å². The van der Waals surface area contributed by atoms with Gasteiger partial charge in [0.1, 0.15) is 23.3 Å². The van der Waals surface area contributed by atoms with Crippen molar-refractivity contribution in [3.05, 3.63) is 84.1 Å². The van der Waals surface area contributed by atoms with E-state index >= 15 is 0 Å². The van der Waals surface area contributed by atoms with Crippen molar-refractivity contribution in [2.75, 3.05) is 29.9 Å². The Bertz CT molecular complexity index is 1680. The molecule has 0 radical (unpaired) electrons. The molecular formula is C34H36F3N5O4. The molecule has 3 heterocycles. The number of aromatic nitrogens is 3. The third-order valence-electron chi connectivity index (χ3n) is 7.63. The molecule has 0 bridgehead atoms. The maximum absolute atomic E-state index is 14.1. The lowest BCUT2D eigenvalue weighted by molar-refractivity contribution is -0.146. The van der Waals surface area contributed by atoms with Crippen molar-refractivity contribution in [2.45, 2.75) is 52.3 Å². The molecule has 0 amide bonds. The molecule has 2 aromatic carbocycles. The van der Waals surface area contributed by atoms with Gasteiger partial charge < -0.3 is 24.8 Å². The third kappa shape index (κ3) is 7.85. The van der Waals surface area contributed by atoms with Crippen molar-refractivity contribution in [2.24, 2.45) is 5.41 Å². The highest BCUT2D eigenvalue weighted by Crippen LogP contribution is 2.36. The van der Waals surface area contributed by atoms with Crippen molar-refractivity contribution in [1.29, 1.82) is 0 Å². The summed E-state index contributed by atoms with van der Waals surface area (Å²) in [6.07, 6.45) is -2.37. The Balaban J connectivity index is 1.38. The van der Waals surface area contributed by atoms with E-state index in [2.05, 4.69) is 20.3 Å². The van der Waals surface area contributed by atoms with Gasteiger partial charge in [0.15, 0.2) is 11.5 Å². The monoisotopic (exact) mass is 635 g/mol. The lowest BCUT2D eigenvalue weighted by Crippen LogP contribution is -2.42. The second-order valence-corrected chi connectivity index (χ2v) is 11.7. The fourth-order valence-corrected chi connectivity index (χ4v) is 5.26. The molecule has 1 aliphatic heterocycles. The Morgan fingerprint density at radius 3 is 2.54 bits per heavy atom. The van der Waals surface area contributed by atoms with Crippen LogP contribution in [0.3, 0.4) is 0 Å². The number of hydrogen-bond acceptors (Lipinski definition) is 8. The zero-order valence-corrected chi connectivity index (χ0v) is 25.8. The van der Waals surface area contributed by atoms with Gasteiger partial charge in [-0.2, -0.15) is 18.2 Å². The summed E-state index contributed by atoms with van der Waals surface area (Å²) in [4.78, 5) is 26.4. The van der Waals surface area contributed by atoms with Crippen molar-refractivity contribution >= 4 is 23.6 Å². The number of carboxylic acid groups (broad SMARTS) is 1. The summed E-state index contributed by atoms with van der Waals surface area (Å²) in [5.74, 6) is 0.220. The average Bonchev–Trinajstić information content (AvgIpc) is 3.02. The Hall–Kier alpha value is -4.87. The minimum Gasteiger partial charge on any atom is -0.490 e. The first-order chi connectivity index (χ1) is 21.9. The molecule has 242 valence electrons. The van der Waals surface area contributed by atoms with Gasteiger partial charge in [-0.25, -0.2) is 9.97 Å². The van der Waals surface area contributed by atoms with Crippen molar-refractivity contribution in [3.63, 3.8) is 0 Å². The number of anilines is 3. The predicted octanol–water partition coefficient (Wildman–Crippen LogP) is 7.40. The van der Waals surface area contributed by atoms with Crippen LogP contribution in [0, 0.1) is 5.41 Å². The Morgan fingerprint density at radius 1 is 1.04 bits per heavy atom. The number of benzene rings is 2. The number of nitrogens with one attached hydrogen (secondary N) is 1. The molecular weight excluding hydrogens is 599 g/mol. The smallest absolute Gasteiger partial charge is 0.421 e. The van der Waals surface area contributed by atoms with Gasteiger partial charge in [-0.3, -0.25) is 4.79 Å². The van der Waals surface area contributed by atoms with Crippen LogP contribution in [0.4, 0.5) is 30.8 Å². The van der Waals surface area contributed by atoms with Gasteiger partial charge in [0.25, 0.3) is 0 Å². The Morgan fingerprint density at radius 2 is 1.80 bits per heavy atom. The standard InChI is InChI=1S/C34H36F3N5O4/c1-4-45-27-14-5-6-15-28(27)46-24-12-9-17-42(21-24)32-38-20-25(34(35,36)37)30(41-32)40-29-16-8-13-26(39-29)23-11-7-10-22(18-23)19-33(2,3)31(43)44/h5-8,10-11,13-16,18,20,24H,4,9,12,17,19,21H2,1-3H3,(H,43,44)(H,38,39,40,41)/t24-/m1/s1. The highest BCUT2D eigenvalue weighted by atomic mass is 19.4. The maximum Gasteiger partial charge on any atom is 0.421 e. The van der Waals surface area contributed by atoms with Gasteiger partial charge in [-0.15, -0.1) is 0 Å². The van der Waals surface area contributed by atoms with Gasteiger partial charge in [0.2, 0.25) is 5.95 Å². The van der Waals surface area contributed by atoms with Crippen molar-refractivity contribution in [3.8, 4) is 22.8 Å². The molecule has 2 N–H and O–H groups in total. The zero-order chi connectivity index (χ0) is 32.9. The van der Waals surface area contributed by atoms with Crippen molar-refractivity contribution < 1.29 is 32.5 Å². The fourth-order valence-electron chi connectivity index (χ4n) is 5.26. The molecule has 0 saturated carbocycles. The summed E-state index contributed by atoms with van der Waals surface area (Å²) >= 11 is 0. The molecule has 12 heteroatoms. The number of carboxylic acids is 1. The lowest BCUT2D eigenvalue weighted by atomic mass is 9.85. The van der Waals surface area contributed by atoms with Gasteiger partial charge in [0, 0.05) is 18.3 Å². The lowest BCUT2D eigenvalue weighted by Gasteiger charge is -2.33. The minimum atomic E-state index is -4.71. The summed E-state index contributed by atoms with van der Waals surface area (Å²) in [7, 11) is 0. The minimum absolute atomic E-state index is 0.145. The van der Waals surface area contributed by atoms with Gasteiger partial charge in [-0.05, 0) is 75.9 Å². The van der Waals surface area contributed by atoms with E-state index in [1.807, 2.05) is 54.3 Å². The maximum atomic E-state index is 14.1. The van der Waals surface area contributed by atoms with E-state index in [1.165, 1.54) is 0 Å². The van der Waals surface area contributed by atoms with E-state index in [-0.39, 0.29) is 17.9 Å². The highest BCUT2D eigenvalue weighted by Gasteiger charge is 2.36.